The van der Waals surface area contributed by atoms with Gasteiger partial charge >= 0.3 is 59.1 Å². The van der Waals surface area contributed by atoms with Gasteiger partial charge in [-0.2, -0.15) is 0 Å². The molecule has 6 fully saturated rings. The molecule has 6 aliphatic rings. The van der Waals surface area contributed by atoms with E-state index < -0.39 is 50.0 Å². The van der Waals surface area contributed by atoms with E-state index in [1.807, 2.05) is 0 Å². The Bertz CT molecular complexity index is 1380. The summed E-state index contributed by atoms with van der Waals surface area (Å²) in [5, 5.41) is 0. The largest absolute Gasteiger partial charge is 1.00 e. The van der Waals surface area contributed by atoms with Crippen molar-refractivity contribution in [1.82, 2.24) is 0 Å². The van der Waals surface area contributed by atoms with E-state index >= 15 is 0 Å². The van der Waals surface area contributed by atoms with Crippen molar-refractivity contribution in [2.24, 2.45) is 52.3 Å². The monoisotopic (exact) mass is 736 g/mol. The zero-order valence-electron chi connectivity index (χ0n) is 30.4. The first-order chi connectivity index (χ1) is 21.3. The van der Waals surface area contributed by atoms with Gasteiger partial charge in [-0.3, -0.25) is 8.37 Å². The van der Waals surface area contributed by atoms with Gasteiger partial charge in [0.05, 0.1) is 12.2 Å². The summed E-state index contributed by atoms with van der Waals surface area (Å²) in [6.07, 6.45) is 5.63. The average Bonchev–Trinajstić information content (AvgIpc) is 3.33. The van der Waals surface area contributed by atoms with E-state index in [0.717, 1.165) is 51.4 Å². The maximum atomic E-state index is 11.7. The van der Waals surface area contributed by atoms with E-state index in [-0.39, 0.29) is 107 Å². The molecule has 0 aromatic rings. The fourth-order valence-corrected chi connectivity index (χ4v) is 13.1. The van der Waals surface area contributed by atoms with Gasteiger partial charge in [-0.25, -0.2) is 16.8 Å². The van der Waals surface area contributed by atoms with Crippen molar-refractivity contribution in [2.45, 2.75) is 155 Å². The van der Waals surface area contributed by atoms with Gasteiger partial charge in [-0.05, 0) is 111 Å². The molecule has 48 heavy (non-hydrogen) atoms. The first kappa shape index (κ1) is 42.4. The van der Waals surface area contributed by atoms with Crippen LogP contribution in [0.4, 0.5) is 0 Å². The van der Waals surface area contributed by atoms with Crippen molar-refractivity contribution in [2.75, 3.05) is 0 Å². The van der Waals surface area contributed by atoms with Crippen LogP contribution in [0.1, 0.15) is 119 Å². The molecule has 11 nitrogen and oxygen atoms in total. The van der Waals surface area contributed by atoms with Crippen molar-refractivity contribution < 1.29 is 108 Å². The minimum atomic E-state index is -5.16. The number of hydrogen-bond acceptors (Lipinski definition) is 11. The van der Waals surface area contributed by atoms with Gasteiger partial charge < -0.3 is 23.3 Å². The van der Waals surface area contributed by atoms with Gasteiger partial charge in [0, 0.05) is 12.3 Å². The van der Waals surface area contributed by atoms with Crippen LogP contribution in [-0.4, -0.2) is 61.9 Å². The Kier molecular flexibility index (Phi) is 13.0. The third-order valence-corrected chi connectivity index (χ3v) is 14.9. The molecule has 0 aromatic heterocycles. The number of rotatable bonds is 10. The van der Waals surface area contributed by atoms with E-state index in [4.69, 9.17) is 22.6 Å². The Morgan fingerprint density at radius 2 is 1.50 bits per heavy atom. The van der Waals surface area contributed by atoms with E-state index in [1.165, 1.54) is 0 Å². The zero-order chi connectivity index (χ0) is 33.7. The van der Waals surface area contributed by atoms with Crippen LogP contribution >= 0.6 is 0 Å². The fourth-order valence-electron chi connectivity index (χ4n) is 12.1. The molecule has 2 heterocycles. The van der Waals surface area contributed by atoms with E-state index in [0.29, 0.717) is 30.1 Å². The van der Waals surface area contributed by atoms with Crippen molar-refractivity contribution >= 4 is 20.8 Å². The van der Waals surface area contributed by atoms with Gasteiger partial charge in [0.15, 0.2) is 0 Å². The van der Waals surface area contributed by atoms with Crippen LogP contribution in [0.25, 0.3) is 0 Å². The van der Waals surface area contributed by atoms with Crippen LogP contribution < -0.4 is 59.1 Å². The van der Waals surface area contributed by atoms with Crippen LogP contribution in [0, 0.1) is 52.3 Å². The normalized spacial score (nSPS) is 47.2. The molecule has 6 rings (SSSR count). The van der Waals surface area contributed by atoms with Crippen LogP contribution in [0.15, 0.2) is 0 Å². The molecular formula is C33H54Na2O11S2. The third kappa shape index (κ3) is 7.48. The summed E-state index contributed by atoms with van der Waals surface area (Å²) >= 11 is 0. The number of fused-ring (bicyclic) bond motifs is 10. The summed E-state index contributed by atoms with van der Waals surface area (Å²) in [5.41, 5.74) is -0.960. The summed E-state index contributed by atoms with van der Waals surface area (Å²) in [4.78, 5) is 0. The maximum absolute atomic E-state index is 11.7. The second kappa shape index (κ2) is 14.7. The van der Waals surface area contributed by atoms with Crippen molar-refractivity contribution in [3.63, 3.8) is 0 Å². The van der Waals surface area contributed by atoms with E-state index in [1.54, 1.807) is 0 Å². The van der Waals surface area contributed by atoms with Crippen LogP contribution in [0.5, 0.6) is 0 Å². The molecule has 14 atom stereocenters. The van der Waals surface area contributed by atoms with Gasteiger partial charge in [-0.1, -0.05) is 48.0 Å². The maximum Gasteiger partial charge on any atom is 1.00 e. The molecule has 0 aromatic carbocycles. The van der Waals surface area contributed by atoms with Crippen LogP contribution in [-0.2, 0) is 43.4 Å². The summed E-state index contributed by atoms with van der Waals surface area (Å²) in [7, 11) is -10.3. The Hall–Kier alpha value is 1.62. The first-order valence-electron chi connectivity index (χ1n) is 17.6. The minimum Gasteiger partial charge on any atom is -0.726 e. The second-order valence-electron chi connectivity index (χ2n) is 16.6. The Morgan fingerprint density at radius 3 is 2.08 bits per heavy atom. The standard InChI is InChI=1S/C33H56O11S2.2Na/c1-8-13-33-40-26-17-24-22-11-10-21-16-25(42-45(34,35)36)27(43-46(37,38)39)18-31(21,6)23(22)12-14-30(24,5)29(26)32(7,44-33)28(41-33)15-20(9-2)19(3)4;;/h19-29H,8-18H2,1-7H3,(H,34,35,36)(H,37,38,39);;/q;2*+1/p-2/t20-,21+,22-,23+,24+,25+,26+,27+,28+,29+,30+,31+,32+,33?;;/m1../s1. The molecular weight excluding hydrogens is 682 g/mol. The summed E-state index contributed by atoms with van der Waals surface area (Å²) in [6, 6.07) is 0. The summed E-state index contributed by atoms with van der Waals surface area (Å²) in [6.45, 7) is 15.8. The molecule has 2 aliphatic heterocycles. The molecule has 2 bridgehead atoms. The van der Waals surface area contributed by atoms with Gasteiger partial charge in [0.25, 0.3) is 5.97 Å². The Morgan fingerprint density at radius 1 is 0.854 bits per heavy atom. The van der Waals surface area contributed by atoms with E-state index in [2.05, 4.69) is 48.5 Å². The molecule has 0 radical (unpaired) electrons. The molecule has 0 spiro atoms. The fraction of sp³-hybridized carbons (Fsp3) is 1.00. The van der Waals surface area contributed by atoms with Gasteiger partial charge in [0.1, 0.15) is 17.8 Å². The second-order valence-corrected chi connectivity index (χ2v) is 18.6. The topological polar surface area (TPSA) is 161 Å². The number of ether oxygens (including phenoxy) is 3. The molecule has 1 unspecified atom stereocenters. The van der Waals surface area contributed by atoms with E-state index in [9.17, 15) is 25.9 Å². The zero-order valence-corrected chi connectivity index (χ0v) is 36.1. The SMILES string of the molecule is CCCC12O[C@H]3C[C@H]4[C@@H]5CC[C@H]6C[C@H](OS(=O)(=O)[O-])[C@@H](OS(=O)(=O)[O-])C[C@]6(C)[C@H]5CC[C@]4(C)[C@H]3[C@@](C)(O1)[C@H](C[C@@H](CC)C(C)C)O2.[Na+].[Na+]. The Labute approximate surface area is 332 Å². The summed E-state index contributed by atoms with van der Waals surface area (Å²) in [5.74, 6) is 1.09. The smallest absolute Gasteiger partial charge is 0.726 e. The quantitative estimate of drug-likeness (QED) is 0.164. The van der Waals surface area contributed by atoms with Crippen LogP contribution in [0.2, 0.25) is 0 Å². The average molecular weight is 737 g/mol. The van der Waals surface area contributed by atoms with Crippen molar-refractivity contribution in [3.05, 3.63) is 0 Å². The summed E-state index contributed by atoms with van der Waals surface area (Å²) < 4.78 is 100. The minimum absolute atomic E-state index is 0. The van der Waals surface area contributed by atoms with Crippen molar-refractivity contribution in [1.29, 1.82) is 0 Å². The molecule has 15 heteroatoms. The van der Waals surface area contributed by atoms with Crippen LogP contribution in [0.3, 0.4) is 0 Å². The molecule has 2 saturated heterocycles. The third-order valence-electron chi connectivity index (χ3n) is 14.0. The van der Waals surface area contributed by atoms with Crippen molar-refractivity contribution in [3.8, 4) is 0 Å². The predicted molar refractivity (Wildman–Crippen MR) is 165 cm³/mol. The molecule has 4 saturated carbocycles. The molecule has 0 N–H and O–H groups in total. The molecule has 4 aliphatic carbocycles. The first-order valence-corrected chi connectivity index (χ1v) is 20.3. The van der Waals surface area contributed by atoms with Gasteiger partial charge in [-0.15, -0.1) is 0 Å². The Balaban J connectivity index is 0.00000260. The van der Waals surface area contributed by atoms with Gasteiger partial charge in [0.2, 0.25) is 20.8 Å². The molecule has 0 amide bonds. The molecule has 266 valence electrons. The predicted octanol–water partition coefficient (Wildman–Crippen LogP) is -0.337. The number of hydrogen-bond donors (Lipinski definition) is 0.